The van der Waals surface area contributed by atoms with E-state index in [1.807, 2.05) is 47.4 Å². The molecule has 0 radical (unpaired) electrons. The smallest absolute Gasteiger partial charge is 0.227 e. The third kappa shape index (κ3) is 6.26. The number of hydrogen-bond donors (Lipinski definition) is 0. The molecule has 0 aliphatic rings. The molecule has 0 atom stereocenters. The molecule has 0 saturated heterocycles. The normalized spacial score (nSPS) is 10.5. The van der Waals surface area contributed by atoms with Crippen LogP contribution in [0.4, 0.5) is 0 Å². The van der Waals surface area contributed by atoms with Crippen LogP contribution in [-0.2, 0) is 17.6 Å². The summed E-state index contributed by atoms with van der Waals surface area (Å²) in [5, 5.41) is 0. The number of benzene rings is 2. The Morgan fingerprint density at radius 3 is 2.24 bits per heavy atom. The number of nitrogens with zero attached hydrogens (tertiary/aromatic N) is 1. The minimum atomic E-state index is 0.183. The second kappa shape index (κ2) is 10.5. The van der Waals surface area contributed by atoms with Gasteiger partial charge >= 0.3 is 0 Å². The maximum absolute atomic E-state index is 12.6. The fraction of sp³-hybridized carbons (Fsp3) is 0.409. The van der Waals surface area contributed by atoms with Gasteiger partial charge in [0.25, 0.3) is 0 Å². The molecule has 3 nitrogen and oxygen atoms in total. The van der Waals surface area contributed by atoms with Gasteiger partial charge in [-0.3, -0.25) is 4.79 Å². The van der Waals surface area contributed by atoms with Crippen LogP contribution < -0.4 is 4.74 Å². The van der Waals surface area contributed by atoms with Gasteiger partial charge in [0, 0.05) is 25.1 Å². The first kappa shape index (κ1) is 19.0. The molecule has 0 aliphatic carbocycles. The van der Waals surface area contributed by atoms with Crippen LogP contribution in [0.15, 0.2) is 54.6 Å². The SMILES string of the molecule is CCCN(CCC)C(=O)Cc1ccccc1OCCc1ccccc1. The molecule has 0 aromatic heterocycles. The Labute approximate surface area is 151 Å². The molecule has 0 heterocycles. The molecule has 2 aromatic carbocycles. The van der Waals surface area contributed by atoms with E-state index in [0.29, 0.717) is 13.0 Å². The van der Waals surface area contributed by atoms with Gasteiger partial charge in [-0.05, 0) is 24.5 Å². The standard InChI is InChI=1S/C22H29NO2/c1-3-15-23(16-4-2)22(24)18-20-12-8-9-13-21(20)25-17-14-19-10-6-5-7-11-19/h5-13H,3-4,14-18H2,1-2H3. The van der Waals surface area contributed by atoms with Crippen LogP contribution in [-0.4, -0.2) is 30.5 Å². The van der Waals surface area contributed by atoms with E-state index in [0.717, 1.165) is 43.7 Å². The summed E-state index contributed by atoms with van der Waals surface area (Å²) in [6, 6.07) is 18.2. The Balaban J connectivity index is 1.96. The van der Waals surface area contributed by atoms with Crippen molar-refractivity contribution >= 4 is 5.91 Å². The molecular formula is C22H29NO2. The lowest BCUT2D eigenvalue weighted by Gasteiger charge is -2.22. The third-order valence-electron chi connectivity index (χ3n) is 4.15. The zero-order valence-corrected chi connectivity index (χ0v) is 15.4. The van der Waals surface area contributed by atoms with Gasteiger partial charge < -0.3 is 9.64 Å². The van der Waals surface area contributed by atoms with Gasteiger partial charge in [-0.15, -0.1) is 0 Å². The van der Waals surface area contributed by atoms with Gasteiger partial charge in [0.05, 0.1) is 13.0 Å². The highest BCUT2D eigenvalue weighted by Crippen LogP contribution is 2.20. The minimum Gasteiger partial charge on any atom is -0.493 e. The summed E-state index contributed by atoms with van der Waals surface area (Å²) in [6.45, 7) is 6.48. The van der Waals surface area contributed by atoms with Crippen LogP contribution in [0.1, 0.15) is 37.8 Å². The lowest BCUT2D eigenvalue weighted by Crippen LogP contribution is -2.33. The number of rotatable bonds is 10. The number of amides is 1. The number of hydrogen-bond acceptors (Lipinski definition) is 2. The molecule has 2 rings (SSSR count). The maximum atomic E-state index is 12.6. The lowest BCUT2D eigenvalue weighted by atomic mass is 10.1. The topological polar surface area (TPSA) is 29.5 Å². The van der Waals surface area contributed by atoms with Crippen LogP contribution >= 0.6 is 0 Å². The van der Waals surface area contributed by atoms with E-state index in [1.54, 1.807) is 0 Å². The van der Waals surface area contributed by atoms with Crippen molar-refractivity contribution in [3.8, 4) is 5.75 Å². The van der Waals surface area contributed by atoms with E-state index in [4.69, 9.17) is 4.74 Å². The zero-order valence-electron chi connectivity index (χ0n) is 15.4. The van der Waals surface area contributed by atoms with Crippen molar-refractivity contribution in [3.05, 3.63) is 65.7 Å². The van der Waals surface area contributed by atoms with Crippen LogP contribution in [0.2, 0.25) is 0 Å². The van der Waals surface area contributed by atoms with Crippen LogP contribution in [0, 0.1) is 0 Å². The van der Waals surface area contributed by atoms with E-state index >= 15 is 0 Å². The van der Waals surface area contributed by atoms with Gasteiger partial charge in [0.2, 0.25) is 5.91 Å². The minimum absolute atomic E-state index is 0.183. The summed E-state index contributed by atoms with van der Waals surface area (Å²) >= 11 is 0. The van der Waals surface area contributed by atoms with Gasteiger partial charge in [-0.25, -0.2) is 0 Å². The molecule has 0 fully saturated rings. The molecule has 0 aliphatic heterocycles. The fourth-order valence-corrected chi connectivity index (χ4v) is 2.89. The largest absolute Gasteiger partial charge is 0.493 e. The predicted molar refractivity (Wildman–Crippen MR) is 103 cm³/mol. The van der Waals surface area contributed by atoms with Gasteiger partial charge in [-0.1, -0.05) is 62.4 Å². The highest BCUT2D eigenvalue weighted by molar-refractivity contribution is 5.79. The molecule has 0 saturated carbocycles. The maximum Gasteiger partial charge on any atom is 0.227 e. The van der Waals surface area contributed by atoms with Gasteiger partial charge in [0.1, 0.15) is 5.75 Å². The Hall–Kier alpha value is -2.29. The summed E-state index contributed by atoms with van der Waals surface area (Å²) in [5.74, 6) is 1.00. The highest BCUT2D eigenvalue weighted by atomic mass is 16.5. The summed E-state index contributed by atoms with van der Waals surface area (Å²) in [6.07, 6.45) is 3.24. The monoisotopic (exact) mass is 339 g/mol. The molecule has 134 valence electrons. The molecule has 0 unspecified atom stereocenters. The number of ether oxygens (including phenoxy) is 1. The van der Waals surface area contributed by atoms with E-state index in [2.05, 4.69) is 26.0 Å². The van der Waals surface area contributed by atoms with E-state index in [1.165, 1.54) is 5.56 Å². The Morgan fingerprint density at radius 2 is 1.56 bits per heavy atom. The zero-order chi connectivity index (χ0) is 17.9. The van der Waals surface area contributed by atoms with E-state index < -0.39 is 0 Å². The van der Waals surface area contributed by atoms with Crippen LogP contribution in [0.25, 0.3) is 0 Å². The number of para-hydroxylation sites is 1. The van der Waals surface area contributed by atoms with Crippen molar-refractivity contribution in [1.82, 2.24) is 4.90 Å². The van der Waals surface area contributed by atoms with Gasteiger partial charge in [0.15, 0.2) is 0 Å². The fourth-order valence-electron chi connectivity index (χ4n) is 2.89. The van der Waals surface area contributed by atoms with Crippen molar-refractivity contribution in [1.29, 1.82) is 0 Å². The summed E-state index contributed by atoms with van der Waals surface area (Å²) in [7, 11) is 0. The van der Waals surface area contributed by atoms with Crippen LogP contribution in [0.5, 0.6) is 5.75 Å². The molecule has 0 N–H and O–H groups in total. The Kier molecular flexibility index (Phi) is 8.03. The second-order valence-corrected chi connectivity index (χ2v) is 6.25. The Morgan fingerprint density at radius 1 is 0.920 bits per heavy atom. The second-order valence-electron chi connectivity index (χ2n) is 6.25. The average molecular weight is 339 g/mol. The predicted octanol–water partition coefficient (Wildman–Crippen LogP) is 4.50. The Bertz CT molecular complexity index is 633. The number of carbonyl (C=O) groups is 1. The van der Waals surface area contributed by atoms with Crippen molar-refractivity contribution in [3.63, 3.8) is 0 Å². The summed E-state index contributed by atoms with van der Waals surface area (Å²) in [5.41, 5.74) is 2.23. The van der Waals surface area contributed by atoms with E-state index in [9.17, 15) is 4.79 Å². The van der Waals surface area contributed by atoms with Crippen molar-refractivity contribution < 1.29 is 9.53 Å². The first-order valence-electron chi connectivity index (χ1n) is 9.27. The molecule has 2 aromatic rings. The van der Waals surface area contributed by atoms with Crippen molar-refractivity contribution in [2.24, 2.45) is 0 Å². The first-order chi connectivity index (χ1) is 12.2. The third-order valence-corrected chi connectivity index (χ3v) is 4.15. The molecule has 0 spiro atoms. The highest BCUT2D eigenvalue weighted by Gasteiger charge is 2.14. The molecule has 3 heteroatoms. The molecule has 0 bridgehead atoms. The lowest BCUT2D eigenvalue weighted by molar-refractivity contribution is -0.130. The summed E-state index contributed by atoms with van der Waals surface area (Å²) < 4.78 is 5.97. The van der Waals surface area contributed by atoms with Gasteiger partial charge in [-0.2, -0.15) is 0 Å². The van der Waals surface area contributed by atoms with Crippen molar-refractivity contribution in [2.75, 3.05) is 19.7 Å². The molecule has 25 heavy (non-hydrogen) atoms. The first-order valence-corrected chi connectivity index (χ1v) is 9.27. The van der Waals surface area contributed by atoms with Crippen molar-refractivity contribution in [2.45, 2.75) is 39.5 Å². The molecule has 1 amide bonds. The summed E-state index contributed by atoms with van der Waals surface area (Å²) in [4.78, 5) is 14.6. The average Bonchev–Trinajstić information content (AvgIpc) is 2.64. The number of carbonyl (C=O) groups excluding carboxylic acids is 1. The molecular weight excluding hydrogens is 310 g/mol. The quantitative estimate of drug-likeness (QED) is 0.638. The van der Waals surface area contributed by atoms with Crippen LogP contribution in [0.3, 0.4) is 0 Å². The van der Waals surface area contributed by atoms with E-state index in [-0.39, 0.29) is 5.91 Å².